The Morgan fingerprint density at radius 3 is 2.87 bits per heavy atom. The summed E-state index contributed by atoms with van der Waals surface area (Å²) in [7, 11) is 0. The van der Waals surface area contributed by atoms with Crippen molar-refractivity contribution in [3.63, 3.8) is 0 Å². The van der Waals surface area contributed by atoms with Crippen molar-refractivity contribution in [2.45, 2.75) is 6.42 Å². The summed E-state index contributed by atoms with van der Waals surface area (Å²) in [6.45, 7) is 0.0555. The Morgan fingerprint density at radius 1 is 1.30 bits per heavy atom. The summed E-state index contributed by atoms with van der Waals surface area (Å²) in [4.78, 5) is 27.6. The maximum Gasteiger partial charge on any atom is 0.240 e. The van der Waals surface area contributed by atoms with Gasteiger partial charge in [-0.05, 0) is 12.1 Å². The van der Waals surface area contributed by atoms with Crippen LogP contribution in [0, 0.1) is 12.3 Å². The van der Waals surface area contributed by atoms with E-state index in [0.29, 0.717) is 5.69 Å². The maximum absolute atomic E-state index is 11.8. The third-order valence-electron chi connectivity index (χ3n) is 2.80. The van der Waals surface area contributed by atoms with Gasteiger partial charge >= 0.3 is 0 Å². The number of terminal acetylenes is 1. The van der Waals surface area contributed by atoms with Crippen LogP contribution in [0.3, 0.4) is 0 Å². The largest absolute Gasteiger partial charge is 0.347 e. The first-order chi connectivity index (χ1) is 11.1. The molecule has 0 bridgehead atoms. The Morgan fingerprint density at radius 2 is 2.13 bits per heavy atom. The van der Waals surface area contributed by atoms with Crippen LogP contribution in [0.5, 0.6) is 0 Å². The zero-order chi connectivity index (χ0) is 16.7. The summed E-state index contributed by atoms with van der Waals surface area (Å²) < 4.78 is 0.975. The summed E-state index contributed by atoms with van der Waals surface area (Å²) in [5.74, 6) is 1.72. The van der Waals surface area contributed by atoms with Crippen LogP contribution < -0.4 is 10.6 Å². The minimum Gasteiger partial charge on any atom is -0.347 e. The van der Waals surface area contributed by atoms with Gasteiger partial charge in [0.05, 0.1) is 25.2 Å². The summed E-state index contributed by atoms with van der Waals surface area (Å²) in [6, 6.07) is 7.81. The zero-order valence-corrected chi connectivity index (χ0v) is 14.5. The molecule has 2 aromatic rings. The van der Waals surface area contributed by atoms with Crippen molar-refractivity contribution in [3.8, 4) is 22.9 Å². The number of nitrogens with zero attached hydrogens (tertiary/aromatic N) is 1. The second-order valence-corrected chi connectivity index (χ2v) is 6.36. The first-order valence-electron chi connectivity index (χ1n) is 6.75. The van der Waals surface area contributed by atoms with Gasteiger partial charge in [0.1, 0.15) is 5.01 Å². The number of benzene rings is 1. The number of thiazole rings is 1. The number of hydrogen-bond donors (Lipinski definition) is 2. The monoisotopic (exact) mass is 391 g/mol. The lowest BCUT2D eigenvalue weighted by molar-refractivity contribution is -0.125. The molecule has 0 aliphatic heterocycles. The molecule has 0 fully saturated rings. The van der Waals surface area contributed by atoms with E-state index in [-0.39, 0.29) is 31.3 Å². The van der Waals surface area contributed by atoms with Crippen molar-refractivity contribution >= 4 is 39.1 Å². The van der Waals surface area contributed by atoms with Crippen LogP contribution in [0.4, 0.5) is 0 Å². The van der Waals surface area contributed by atoms with Crippen molar-refractivity contribution < 1.29 is 9.59 Å². The van der Waals surface area contributed by atoms with E-state index in [9.17, 15) is 9.59 Å². The summed E-state index contributed by atoms with van der Waals surface area (Å²) in [5, 5.41) is 7.70. The molecule has 2 amide bonds. The van der Waals surface area contributed by atoms with E-state index in [1.807, 2.05) is 29.6 Å². The van der Waals surface area contributed by atoms with Crippen molar-refractivity contribution in [2.24, 2.45) is 0 Å². The Hall–Kier alpha value is -2.17. The van der Waals surface area contributed by atoms with Crippen molar-refractivity contribution in [3.05, 3.63) is 39.8 Å². The molecule has 0 saturated carbocycles. The number of hydrogen-bond acceptors (Lipinski definition) is 4. The molecule has 5 nitrogen and oxygen atoms in total. The fourth-order valence-corrected chi connectivity index (χ4v) is 2.98. The Bertz CT molecular complexity index is 752. The minimum absolute atomic E-state index is 0.0941. The van der Waals surface area contributed by atoms with E-state index in [1.54, 1.807) is 0 Å². The molecular formula is C16H14BrN3O2S. The van der Waals surface area contributed by atoms with E-state index in [4.69, 9.17) is 6.42 Å². The van der Waals surface area contributed by atoms with Crippen LogP contribution in [-0.2, 0) is 16.0 Å². The van der Waals surface area contributed by atoms with Gasteiger partial charge < -0.3 is 10.6 Å². The van der Waals surface area contributed by atoms with Crippen LogP contribution in [0.2, 0.25) is 0 Å². The standard InChI is InChI=1S/C16H14BrN3O2S/c1-2-6-18-15(22)9-19-14(21)8-13-10-23-16(20-13)11-4-3-5-12(17)7-11/h1,3-5,7,10H,6,8-9H2,(H,18,22)(H,19,21). The second-order valence-electron chi connectivity index (χ2n) is 4.59. The van der Waals surface area contributed by atoms with E-state index < -0.39 is 0 Å². The lowest BCUT2D eigenvalue weighted by Gasteiger charge is -2.03. The van der Waals surface area contributed by atoms with Crippen LogP contribution in [-0.4, -0.2) is 29.9 Å². The molecule has 2 N–H and O–H groups in total. The molecule has 1 heterocycles. The van der Waals surface area contributed by atoms with Gasteiger partial charge in [-0.2, -0.15) is 0 Å². The highest BCUT2D eigenvalue weighted by Gasteiger charge is 2.10. The molecule has 0 radical (unpaired) electrons. The number of rotatable bonds is 6. The Kier molecular flexibility index (Phi) is 6.32. The third-order valence-corrected chi connectivity index (χ3v) is 4.23. The van der Waals surface area contributed by atoms with Gasteiger partial charge in [0.25, 0.3) is 0 Å². The van der Waals surface area contributed by atoms with Gasteiger partial charge in [0.2, 0.25) is 11.8 Å². The molecule has 0 aliphatic rings. The molecule has 1 aromatic carbocycles. The average molecular weight is 392 g/mol. The number of nitrogens with one attached hydrogen (secondary N) is 2. The second kappa shape index (κ2) is 8.46. The normalized spacial score (nSPS) is 9.91. The van der Waals surface area contributed by atoms with Crippen LogP contribution in [0.1, 0.15) is 5.69 Å². The number of carbonyl (C=O) groups is 2. The van der Waals surface area contributed by atoms with Gasteiger partial charge in [-0.3, -0.25) is 9.59 Å². The van der Waals surface area contributed by atoms with Gasteiger partial charge in [-0.1, -0.05) is 34.0 Å². The van der Waals surface area contributed by atoms with Crippen molar-refractivity contribution in [1.82, 2.24) is 15.6 Å². The summed E-state index contributed by atoms with van der Waals surface area (Å²) >= 11 is 4.90. The fourth-order valence-electron chi connectivity index (χ4n) is 1.76. The molecular weight excluding hydrogens is 378 g/mol. The smallest absolute Gasteiger partial charge is 0.240 e. The lowest BCUT2D eigenvalue weighted by atomic mass is 10.2. The topological polar surface area (TPSA) is 71.1 Å². The average Bonchev–Trinajstić information content (AvgIpc) is 2.99. The highest BCUT2D eigenvalue weighted by Crippen LogP contribution is 2.26. The molecule has 0 saturated heterocycles. The van der Waals surface area contributed by atoms with Gasteiger partial charge in [0, 0.05) is 15.4 Å². The number of halogens is 1. The van der Waals surface area contributed by atoms with E-state index in [0.717, 1.165) is 15.0 Å². The van der Waals surface area contributed by atoms with E-state index in [2.05, 4.69) is 37.5 Å². The molecule has 0 atom stereocenters. The Balaban J connectivity index is 1.88. The molecule has 0 aliphatic carbocycles. The Labute approximate surface area is 146 Å². The van der Waals surface area contributed by atoms with Crippen molar-refractivity contribution in [2.75, 3.05) is 13.1 Å². The number of carbonyl (C=O) groups excluding carboxylic acids is 2. The highest BCUT2D eigenvalue weighted by molar-refractivity contribution is 9.10. The summed E-state index contributed by atoms with van der Waals surface area (Å²) in [6.07, 6.45) is 5.16. The maximum atomic E-state index is 11.8. The minimum atomic E-state index is -0.315. The fraction of sp³-hybridized carbons (Fsp3) is 0.188. The predicted molar refractivity (Wildman–Crippen MR) is 93.8 cm³/mol. The van der Waals surface area contributed by atoms with Crippen LogP contribution in [0.15, 0.2) is 34.1 Å². The van der Waals surface area contributed by atoms with Crippen molar-refractivity contribution in [1.29, 1.82) is 0 Å². The SMILES string of the molecule is C#CCNC(=O)CNC(=O)Cc1csc(-c2cccc(Br)c2)n1. The molecule has 0 unspecified atom stereocenters. The number of amides is 2. The zero-order valence-electron chi connectivity index (χ0n) is 12.1. The first-order valence-corrected chi connectivity index (χ1v) is 8.43. The highest BCUT2D eigenvalue weighted by atomic mass is 79.9. The molecule has 1 aromatic heterocycles. The van der Waals surface area contributed by atoms with Gasteiger partial charge in [-0.25, -0.2) is 4.98 Å². The molecule has 118 valence electrons. The van der Waals surface area contributed by atoms with E-state index in [1.165, 1.54) is 11.3 Å². The quantitative estimate of drug-likeness (QED) is 0.739. The molecule has 23 heavy (non-hydrogen) atoms. The van der Waals surface area contributed by atoms with Gasteiger partial charge in [0.15, 0.2) is 0 Å². The lowest BCUT2D eigenvalue weighted by Crippen LogP contribution is -2.37. The number of aromatic nitrogens is 1. The molecule has 7 heteroatoms. The third kappa shape index (κ3) is 5.51. The summed E-state index contributed by atoms with van der Waals surface area (Å²) in [5.41, 5.74) is 1.66. The van der Waals surface area contributed by atoms with Crippen LogP contribution >= 0.6 is 27.3 Å². The van der Waals surface area contributed by atoms with E-state index >= 15 is 0 Å². The molecule has 0 spiro atoms. The molecule has 2 rings (SSSR count). The first kappa shape index (κ1) is 17.2. The predicted octanol–water partition coefficient (Wildman–Crippen LogP) is 1.98. The van der Waals surface area contributed by atoms with Gasteiger partial charge in [-0.15, -0.1) is 17.8 Å². The van der Waals surface area contributed by atoms with Crippen LogP contribution in [0.25, 0.3) is 10.6 Å².